The number of halogens is 1. The van der Waals surface area contributed by atoms with Crippen LogP contribution in [0.4, 0.5) is 5.95 Å². The number of nitrogen functional groups attached to an aromatic ring is 1. The number of aliphatic hydroxyl groups is 1. The van der Waals surface area contributed by atoms with Gasteiger partial charge >= 0.3 is 0 Å². The van der Waals surface area contributed by atoms with E-state index in [2.05, 4.69) is 15.0 Å². The van der Waals surface area contributed by atoms with Crippen LogP contribution in [0.5, 0.6) is 0 Å². The standard InChI is InChI=1S/C10H12ClN5O2S/c11-8-7-9(15-10(12)14-8)16(4-13-7)6-2-18-5(1-17)3-19-6/h4-6,17H,1-3H2,(H2,12,14,15). The molecule has 0 radical (unpaired) electrons. The maximum Gasteiger partial charge on any atom is 0.223 e. The number of thioether (sulfide) groups is 1. The Kier molecular flexibility index (Phi) is 3.48. The minimum absolute atomic E-state index is 0.0331. The second kappa shape index (κ2) is 5.12. The number of imidazole rings is 1. The second-order valence-electron chi connectivity index (χ2n) is 4.12. The zero-order chi connectivity index (χ0) is 13.4. The van der Waals surface area contributed by atoms with Gasteiger partial charge in [-0.2, -0.15) is 9.97 Å². The van der Waals surface area contributed by atoms with Gasteiger partial charge in [0.15, 0.2) is 10.8 Å². The van der Waals surface area contributed by atoms with Crippen molar-refractivity contribution in [2.75, 3.05) is 24.7 Å². The number of nitrogens with two attached hydrogens (primary N) is 1. The van der Waals surface area contributed by atoms with Crippen LogP contribution in [0.1, 0.15) is 5.37 Å². The van der Waals surface area contributed by atoms with Crippen LogP contribution in [-0.2, 0) is 4.74 Å². The van der Waals surface area contributed by atoms with Crippen molar-refractivity contribution in [3.05, 3.63) is 11.5 Å². The minimum Gasteiger partial charge on any atom is -0.394 e. The molecule has 102 valence electrons. The van der Waals surface area contributed by atoms with Crippen LogP contribution in [0.15, 0.2) is 6.33 Å². The van der Waals surface area contributed by atoms with Crippen LogP contribution in [0.2, 0.25) is 5.15 Å². The van der Waals surface area contributed by atoms with Crippen LogP contribution < -0.4 is 5.73 Å². The lowest BCUT2D eigenvalue weighted by Gasteiger charge is -2.28. The fourth-order valence-corrected chi connectivity index (χ4v) is 3.26. The highest BCUT2D eigenvalue weighted by Crippen LogP contribution is 2.32. The molecule has 1 saturated heterocycles. The number of hydrogen-bond acceptors (Lipinski definition) is 7. The molecule has 0 aromatic carbocycles. The Hall–Kier alpha value is -1.09. The van der Waals surface area contributed by atoms with Crippen LogP contribution in [-0.4, -0.2) is 49.7 Å². The molecule has 2 aromatic heterocycles. The van der Waals surface area contributed by atoms with E-state index in [-0.39, 0.29) is 29.2 Å². The SMILES string of the molecule is Nc1nc(Cl)c2ncn(C3COC(CO)CS3)c2n1. The molecule has 1 fully saturated rings. The summed E-state index contributed by atoms with van der Waals surface area (Å²) in [6.45, 7) is 0.508. The Labute approximate surface area is 118 Å². The second-order valence-corrected chi connectivity index (χ2v) is 5.69. The molecule has 3 rings (SSSR count). The van der Waals surface area contributed by atoms with Crippen molar-refractivity contribution >= 4 is 40.5 Å². The molecule has 3 heterocycles. The van der Waals surface area contributed by atoms with E-state index in [1.165, 1.54) is 0 Å². The molecule has 0 spiro atoms. The molecule has 3 N–H and O–H groups in total. The zero-order valence-electron chi connectivity index (χ0n) is 9.86. The molecule has 0 saturated carbocycles. The Morgan fingerprint density at radius 2 is 2.42 bits per heavy atom. The van der Waals surface area contributed by atoms with E-state index in [4.69, 9.17) is 27.2 Å². The smallest absolute Gasteiger partial charge is 0.223 e. The number of nitrogens with zero attached hydrogens (tertiary/aromatic N) is 4. The van der Waals surface area contributed by atoms with E-state index in [9.17, 15) is 0 Å². The summed E-state index contributed by atoms with van der Waals surface area (Å²) in [6, 6.07) is 0. The molecule has 1 aliphatic rings. The van der Waals surface area contributed by atoms with Crippen molar-refractivity contribution in [1.82, 2.24) is 19.5 Å². The molecule has 1 aliphatic heterocycles. The highest BCUT2D eigenvalue weighted by atomic mass is 35.5. The van der Waals surface area contributed by atoms with E-state index >= 15 is 0 Å². The predicted octanol–water partition coefficient (Wildman–Crippen LogP) is 0.685. The molecule has 2 aromatic rings. The van der Waals surface area contributed by atoms with Gasteiger partial charge in [0.1, 0.15) is 10.9 Å². The molecule has 2 atom stereocenters. The van der Waals surface area contributed by atoms with Gasteiger partial charge in [0, 0.05) is 5.75 Å². The van der Waals surface area contributed by atoms with Crippen LogP contribution >= 0.6 is 23.4 Å². The first-order valence-corrected chi connectivity index (χ1v) is 7.11. The molecule has 0 bridgehead atoms. The van der Waals surface area contributed by atoms with Gasteiger partial charge in [0.2, 0.25) is 5.95 Å². The summed E-state index contributed by atoms with van der Waals surface area (Å²) in [5.41, 5.74) is 6.73. The first-order chi connectivity index (χ1) is 9.19. The topological polar surface area (TPSA) is 99.1 Å². The number of fused-ring (bicyclic) bond motifs is 1. The molecular weight excluding hydrogens is 290 g/mol. The Bertz CT molecular complexity index is 599. The normalized spacial score (nSPS) is 23.9. The van der Waals surface area contributed by atoms with Gasteiger partial charge in [-0.3, -0.25) is 4.57 Å². The molecular formula is C10H12ClN5O2S. The van der Waals surface area contributed by atoms with Crippen molar-refractivity contribution in [3.8, 4) is 0 Å². The van der Waals surface area contributed by atoms with Gasteiger partial charge in [0.25, 0.3) is 0 Å². The first kappa shape index (κ1) is 12.9. The van der Waals surface area contributed by atoms with Gasteiger partial charge in [-0.1, -0.05) is 11.6 Å². The minimum atomic E-state index is -0.112. The van der Waals surface area contributed by atoms with E-state index in [1.54, 1.807) is 18.1 Å². The number of anilines is 1. The Morgan fingerprint density at radius 1 is 1.58 bits per heavy atom. The van der Waals surface area contributed by atoms with Crippen molar-refractivity contribution < 1.29 is 9.84 Å². The molecule has 9 heteroatoms. The van der Waals surface area contributed by atoms with Crippen molar-refractivity contribution in [2.45, 2.75) is 11.5 Å². The van der Waals surface area contributed by atoms with Gasteiger partial charge in [-0.05, 0) is 0 Å². The summed E-state index contributed by atoms with van der Waals surface area (Å²) >= 11 is 7.66. The fraction of sp³-hybridized carbons (Fsp3) is 0.500. The Morgan fingerprint density at radius 3 is 3.11 bits per heavy atom. The quantitative estimate of drug-likeness (QED) is 0.787. The number of rotatable bonds is 2. The molecule has 7 nitrogen and oxygen atoms in total. The summed E-state index contributed by atoms with van der Waals surface area (Å²) in [4.78, 5) is 12.3. The average Bonchev–Trinajstić information content (AvgIpc) is 2.83. The van der Waals surface area contributed by atoms with E-state index in [0.29, 0.717) is 17.8 Å². The molecule has 0 amide bonds. The van der Waals surface area contributed by atoms with Crippen LogP contribution in [0.3, 0.4) is 0 Å². The van der Waals surface area contributed by atoms with Crippen LogP contribution in [0.25, 0.3) is 11.2 Å². The number of ether oxygens (including phenoxy) is 1. The largest absolute Gasteiger partial charge is 0.394 e. The van der Waals surface area contributed by atoms with Crippen molar-refractivity contribution in [2.24, 2.45) is 0 Å². The summed E-state index contributed by atoms with van der Waals surface area (Å²) in [5, 5.41) is 9.33. The van der Waals surface area contributed by atoms with E-state index in [1.807, 2.05) is 4.57 Å². The van der Waals surface area contributed by atoms with Gasteiger partial charge in [-0.15, -0.1) is 11.8 Å². The van der Waals surface area contributed by atoms with Crippen LogP contribution in [0, 0.1) is 0 Å². The van der Waals surface area contributed by atoms with E-state index in [0.717, 1.165) is 5.75 Å². The summed E-state index contributed by atoms with van der Waals surface area (Å²) in [6.07, 6.45) is 1.55. The van der Waals surface area contributed by atoms with E-state index < -0.39 is 0 Å². The van der Waals surface area contributed by atoms with Gasteiger partial charge in [0.05, 0.1) is 25.6 Å². The fourth-order valence-electron chi connectivity index (χ4n) is 1.91. The number of hydrogen-bond donors (Lipinski definition) is 2. The maximum atomic E-state index is 9.04. The molecule has 19 heavy (non-hydrogen) atoms. The highest BCUT2D eigenvalue weighted by molar-refractivity contribution is 7.99. The summed E-state index contributed by atoms with van der Waals surface area (Å²) in [5.74, 6) is 0.837. The Balaban J connectivity index is 1.93. The van der Waals surface area contributed by atoms with Gasteiger partial charge < -0.3 is 15.6 Å². The lowest BCUT2D eigenvalue weighted by Crippen LogP contribution is -2.30. The lowest BCUT2D eigenvalue weighted by atomic mass is 10.4. The van der Waals surface area contributed by atoms with Gasteiger partial charge in [-0.25, -0.2) is 4.98 Å². The summed E-state index contributed by atoms with van der Waals surface area (Å²) < 4.78 is 7.42. The maximum absolute atomic E-state index is 9.04. The first-order valence-electron chi connectivity index (χ1n) is 5.68. The number of aliphatic hydroxyl groups excluding tert-OH is 1. The molecule has 2 unspecified atom stereocenters. The third-order valence-corrected chi connectivity index (χ3v) is 4.43. The predicted molar refractivity (Wildman–Crippen MR) is 73.1 cm³/mol. The average molecular weight is 302 g/mol. The molecule has 0 aliphatic carbocycles. The monoisotopic (exact) mass is 301 g/mol. The number of aromatic nitrogens is 4. The lowest BCUT2D eigenvalue weighted by molar-refractivity contribution is 0.0161. The van der Waals surface area contributed by atoms with Crippen molar-refractivity contribution in [1.29, 1.82) is 0 Å². The third kappa shape index (κ3) is 2.36. The highest BCUT2D eigenvalue weighted by Gasteiger charge is 2.25. The zero-order valence-corrected chi connectivity index (χ0v) is 11.4. The van der Waals surface area contributed by atoms with Crippen molar-refractivity contribution in [3.63, 3.8) is 0 Å². The third-order valence-electron chi connectivity index (χ3n) is 2.86. The summed E-state index contributed by atoms with van der Waals surface area (Å²) in [7, 11) is 0.